The van der Waals surface area contributed by atoms with Crippen molar-refractivity contribution in [1.82, 2.24) is 4.90 Å². The summed E-state index contributed by atoms with van der Waals surface area (Å²) in [6.07, 6.45) is 10.4. The first-order valence-electron chi connectivity index (χ1n) is 5.67. The van der Waals surface area contributed by atoms with Gasteiger partial charge in [0.05, 0.1) is 0 Å². The Morgan fingerprint density at radius 2 is 1.33 bits per heavy atom. The molecule has 1 heteroatoms. The molecule has 2 saturated heterocycles. The molecule has 0 unspecified atom stereocenters. The normalized spacial score (nSPS) is 38.0. The van der Waals surface area contributed by atoms with Gasteiger partial charge in [0.25, 0.3) is 0 Å². The summed E-state index contributed by atoms with van der Waals surface area (Å²) in [5, 5.41) is 0. The molecule has 0 aromatic rings. The zero-order valence-corrected chi connectivity index (χ0v) is 8.10. The Bertz CT molecular complexity index is 105. The van der Waals surface area contributed by atoms with E-state index in [1.54, 1.807) is 0 Å². The molecule has 2 heterocycles. The second-order valence-electron chi connectivity index (χ2n) is 4.49. The van der Waals surface area contributed by atoms with Crippen LogP contribution < -0.4 is 0 Å². The van der Waals surface area contributed by atoms with Crippen LogP contribution in [0.3, 0.4) is 0 Å². The van der Waals surface area contributed by atoms with Crippen LogP contribution in [-0.4, -0.2) is 24.5 Å². The number of rotatable bonds is 0. The van der Waals surface area contributed by atoms with Gasteiger partial charge in [0.1, 0.15) is 0 Å². The summed E-state index contributed by atoms with van der Waals surface area (Å²) in [7, 11) is 0. The van der Waals surface area contributed by atoms with E-state index in [-0.39, 0.29) is 0 Å². The minimum absolute atomic E-state index is 1.08. The highest BCUT2D eigenvalue weighted by Gasteiger charge is 2.17. The molecule has 0 atom stereocenters. The van der Waals surface area contributed by atoms with Crippen molar-refractivity contribution in [3.05, 3.63) is 0 Å². The average molecular weight is 167 g/mol. The van der Waals surface area contributed by atoms with Crippen LogP contribution in [0.15, 0.2) is 0 Å². The maximum Gasteiger partial charge on any atom is -0.00161 e. The molecule has 2 aliphatic heterocycles. The Kier molecular flexibility index (Phi) is 3.04. The van der Waals surface area contributed by atoms with Crippen LogP contribution in [0.25, 0.3) is 0 Å². The summed E-state index contributed by atoms with van der Waals surface area (Å²) in [5.41, 5.74) is 0. The molecule has 0 aromatic heterocycles. The highest BCUT2D eigenvalue weighted by molar-refractivity contribution is 4.71. The van der Waals surface area contributed by atoms with E-state index in [2.05, 4.69) is 4.90 Å². The molecule has 0 aromatic carbocycles. The standard InChI is InChI=1S/C11H21N/c1-3-8-12-9-4-2-6-11(5-1)7-10-12/h11H,1-10H2. The van der Waals surface area contributed by atoms with Gasteiger partial charge in [-0.25, -0.2) is 0 Å². The van der Waals surface area contributed by atoms with Gasteiger partial charge in [0.15, 0.2) is 0 Å². The van der Waals surface area contributed by atoms with E-state index in [0.29, 0.717) is 0 Å². The van der Waals surface area contributed by atoms with Crippen LogP contribution >= 0.6 is 0 Å². The Hall–Kier alpha value is -0.0400. The molecule has 2 aliphatic rings. The lowest BCUT2D eigenvalue weighted by atomic mass is 9.89. The summed E-state index contributed by atoms with van der Waals surface area (Å²) >= 11 is 0. The van der Waals surface area contributed by atoms with Crippen molar-refractivity contribution in [2.24, 2.45) is 5.92 Å². The van der Waals surface area contributed by atoms with Crippen LogP contribution in [0.5, 0.6) is 0 Å². The molecular formula is C11H21N. The molecule has 0 aliphatic carbocycles. The van der Waals surface area contributed by atoms with Gasteiger partial charge in [-0.15, -0.1) is 0 Å². The third-order valence-corrected chi connectivity index (χ3v) is 3.53. The van der Waals surface area contributed by atoms with E-state index in [1.165, 1.54) is 64.6 Å². The van der Waals surface area contributed by atoms with E-state index in [4.69, 9.17) is 0 Å². The topological polar surface area (TPSA) is 3.24 Å². The van der Waals surface area contributed by atoms with Crippen LogP contribution in [0.2, 0.25) is 0 Å². The molecular weight excluding hydrogens is 146 g/mol. The van der Waals surface area contributed by atoms with Crippen molar-refractivity contribution >= 4 is 0 Å². The van der Waals surface area contributed by atoms with Gasteiger partial charge in [-0.1, -0.05) is 25.7 Å². The van der Waals surface area contributed by atoms with Gasteiger partial charge in [0, 0.05) is 0 Å². The van der Waals surface area contributed by atoms with Crippen LogP contribution in [0, 0.1) is 5.92 Å². The van der Waals surface area contributed by atoms with Gasteiger partial charge < -0.3 is 4.90 Å². The minimum atomic E-state index is 1.08. The van der Waals surface area contributed by atoms with Crippen molar-refractivity contribution in [3.63, 3.8) is 0 Å². The molecule has 2 rings (SSSR count). The van der Waals surface area contributed by atoms with Gasteiger partial charge in [0.2, 0.25) is 0 Å². The SMILES string of the molecule is C1CCN2CCCCC(C1)CC2. The maximum absolute atomic E-state index is 2.69. The fraction of sp³-hybridized carbons (Fsp3) is 1.00. The number of fused-ring (bicyclic) bond motifs is 3. The Morgan fingerprint density at radius 1 is 0.667 bits per heavy atom. The lowest BCUT2D eigenvalue weighted by Gasteiger charge is -2.31. The Morgan fingerprint density at radius 3 is 2.00 bits per heavy atom. The number of hydrogen-bond acceptors (Lipinski definition) is 1. The summed E-state index contributed by atoms with van der Waals surface area (Å²) in [4.78, 5) is 2.69. The zero-order valence-electron chi connectivity index (χ0n) is 8.10. The third kappa shape index (κ3) is 2.22. The number of nitrogens with zero attached hydrogens (tertiary/aromatic N) is 1. The predicted molar refractivity (Wildman–Crippen MR) is 52.2 cm³/mol. The molecule has 12 heavy (non-hydrogen) atoms. The molecule has 0 N–H and O–H groups in total. The first-order valence-corrected chi connectivity index (χ1v) is 5.67. The fourth-order valence-electron chi connectivity index (χ4n) is 2.67. The number of hydrogen-bond donors (Lipinski definition) is 0. The highest BCUT2D eigenvalue weighted by atomic mass is 15.1. The predicted octanol–water partition coefficient (Wildman–Crippen LogP) is 2.66. The Balaban J connectivity index is 1.93. The van der Waals surface area contributed by atoms with Gasteiger partial charge >= 0.3 is 0 Å². The van der Waals surface area contributed by atoms with Gasteiger partial charge in [-0.05, 0) is 44.8 Å². The molecule has 0 saturated carbocycles. The second-order valence-corrected chi connectivity index (χ2v) is 4.49. The quantitative estimate of drug-likeness (QED) is 0.536. The molecule has 2 bridgehead atoms. The molecule has 2 fully saturated rings. The third-order valence-electron chi connectivity index (χ3n) is 3.53. The fourth-order valence-corrected chi connectivity index (χ4v) is 2.67. The summed E-state index contributed by atoms with van der Waals surface area (Å²) in [6, 6.07) is 0. The lowest BCUT2D eigenvalue weighted by molar-refractivity contribution is 0.189. The van der Waals surface area contributed by atoms with Crippen molar-refractivity contribution in [1.29, 1.82) is 0 Å². The second kappa shape index (κ2) is 4.27. The first-order chi connectivity index (χ1) is 5.95. The highest BCUT2D eigenvalue weighted by Crippen LogP contribution is 2.25. The van der Waals surface area contributed by atoms with E-state index in [1.807, 2.05) is 0 Å². The van der Waals surface area contributed by atoms with E-state index < -0.39 is 0 Å². The largest absolute Gasteiger partial charge is 0.303 e. The van der Waals surface area contributed by atoms with Crippen molar-refractivity contribution in [3.8, 4) is 0 Å². The molecule has 0 spiro atoms. The van der Waals surface area contributed by atoms with Crippen molar-refractivity contribution < 1.29 is 0 Å². The molecule has 70 valence electrons. The van der Waals surface area contributed by atoms with E-state index in [9.17, 15) is 0 Å². The molecule has 0 amide bonds. The summed E-state index contributed by atoms with van der Waals surface area (Å²) < 4.78 is 0. The monoisotopic (exact) mass is 167 g/mol. The zero-order chi connectivity index (χ0) is 8.23. The van der Waals surface area contributed by atoms with E-state index >= 15 is 0 Å². The van der Waals surface area contributed by atoms with Crippen molar-refractivity contribution in [2.45, 2.75) is 44.9 Å². The molecule has 1 nitrogen and oxygen atoms in total. The Labute approximate surface area is 76.1 Å². The van der Waals surface area contributed by atoms with Gasteiger partial charge in [-0.3, -0.25) is 0 Å². The minimum Gasteiger partial charge on any atom is -0.303 e. The van der Waals surface area contributed by atoms with Crippen LogP contribution in [0.1, 0.15) is 44.9 Å². The van der Waals surface area contributed by atoms with Crippen molar-refractivity contribution in [2.75, 3.05) is 19.6 Å². The summed E-state index contributed by atoms with van der Waals surface area (Å²) in [5.74, 6) is 1.08. The first kappa shape index (κ1) is 8.55. The smallest absolute Gasteiger partial charge is 0.00161 e. The van der Waals surface area contributed by atoms with Crippen LogP contribution in [0.4, 0.5) is 0 Å². The van der Waals surface area contributed by atoms with E-state index in [0.717, 1.165) is 5.92 Å². The average Bonchev–Trinajstić information content (AvgIpc) is 2.03. The van der Waals surface area contributed by atoms with Gasteiger partial charge in [-0.2, -0.15) is 0 Å². The molecule has 0 radical (unpaired) electrons. The van der Waals surface area contributed by atoms with Crippen LogP contribution in [-0.2, 0) is 0 Å². The lowest BCUT2D eigenvalue weighted by Crippen LogP contribution is -2.32. The maximum atomic E-state index is 2.69. The summed E-state index contributed by atoms with van der Waals surface area (Å²) in [6.45, 7) is 4.16.